The highest BCUT2D eigenvalue weighted by Gasteiger charge is 2.34. The molecule has 2 aromatic carbocycles. The van der Waals surface area contributed by atoms with Crippen LogP contribution in [0.1, 0.15) is 27.7 Å². The van der Waals surface area contributed by atoms with E-state index in [9.17, 15) is 18.6 Å². The van der Waals surface area contributed by atoms with Crippen molar-refractivity contribution in [3.63, 3.8) is 0 Å². The number of hydrogen-bond acceptors (Lipinski definition) is 8. The zero-order valence-electron chi connectivity index (χ0n) is 16.9. The smallest absolute Gasteiger partial charge is 0.221 e. The van der Waals surface area contributed by atoms with Gasteiger partial charge in [0.25, 0.3) is 0 Å². The van der Waals surface area contributed by atoms with Crippen LogP contribution in [0.3, 0.4) is 0 Å². The van der Waals surface area contributed by atoms with Gasteiger partial charge in [-0.1, -0.05) is 0 Å². The average molecular weight is 426 g/mol. The van der Waals surface area contributed by atoms with Crippen molar-refractivity contribution in [2.24, 2.45) is 0 Å². The van der Waals surface area contributed by atoms with Crippen LogP contribution in [0.25, 0.3) is 0 Å². The molecule has 0 aliphatic heterocycles. The number of phenolic OH excluding ortho intramolecular Hbond substituents is 2. The molecule has 2 N–H and O–H groups in total. The van der Waals surface area contributed by atoms with Crippen LogP contribution < -0.4 is 18.9 Å². The molecule has 0 bridgehead atoms. The monoisotopic (exact) mass is 426 g/mol. The van der Waals surface area contributed by atoms with Crippen LogP contribution in [-0.4, -0.2) is 45.1 Å². The molecule has 0 saturated carbocycles. The van der Waals surface area contributed by atoms with E-state index >= 15 is 0 Å². The van der Waals surface area contributed by atoms with Crippen molar-refractivity contribution in [3.05, 3.63) is 24.3 Å². The van der Waals surface area contributed by atoms with Crippen LogP contribution in [0, 0.1) is 0 Å². The van der Waals surface area contributed by atoms with Crippen molar-refractivity contribution in [2.75, 3.05) is 26.4 Å². The summed E-state index contributed by atoms with van der Waals surface area (Å²) in [5, 5.41) is 20.0. The average Bonchev–Trinajstić information content (AvgIpc) is 2.61. The summed E-state index contributed by atoms with van der Waals surface area (Å²) in [7, 11) is -4.31. The number of rotatable bonds is 10. The van der Waals surface area contributed by atoms with Crippen molar-refractivity contribution < 1.29 is 37.6 Å². The Labute approximate surface area is 170 Å². The summed E-state index contributed by atoms with van der Waals surface area (Å²) in [5.41, 5.74) is 0. The molecular formula is C20H26O8S. The van der Waals surface area contributed by atoms with E-state index in [0.29, 0.717) is 0 Å². The Bertz CT molecular complexity index is 827. The number of ether oxygens (including phenoxy) is 4. The zero-order chi connectivity index (χ0) is 21.6. The molecule has 9 heteroatoms. The quantitative estimate of drug-likeness (QED) is 0.594. The molecule has 0 amide bonds. The minimum Gasteiger partial charge on any atom is -0.508 e. The van der Waals surface area contributed by atoms with Gasteiger partial charge in [0.05, 0.1) is 26.4 Å². The summed E-state index contributed by atoms with van der Waals surface area (Å²) in [4.78, 5) is -0.516. The summed E-state index contributed by atoms with van der Waals surface area (Å²) in [5.74, 6) is -0.640. The molecule has 0 aliphatic rings. The standard InChI is InChI=1S/C20H26O8S/c1-5-25-15-9-13(21)10-16(26-6-2)19(15)29(23,24)20-17(27-7-3)11-14(22)12-18(20)28-8-4/h9-12,21-22H,5-8H2,1-4H3. The van der Waals surface area contributed by atoms with Crippen molar-refractivity contribution in [3.8, 4) is 34.5 Å². The van der Waals surface area contributed by atoms with E-state index in [1.54, 1.807) is 27.7 Å². The fourth-order valence-corrected chi connectivity index (χ4v) is 4.54. The molecule has 0 fully saturated rings. The molecule has 0 radical (unpaired) electrons. The molecule has 0 unspecified atom stereocenters. The summed E-state index contributed by atoms with van der Waals surface area (Å²) < 4.78 is 49.5. The lowest BCUT2D eigenvalue weighted by Gasteiger charge is -2.20. The minimum absolute atomic E-state index is 0.0612. The molecule has 2 rings (SSSR count). The Morgan fingerprint density at radius 2 is 0.862 bits per heavy atom. The number of phenols is 2. The third-order valence-electron chi connectivity index (χ3n) is 3.75. The van der Waals surface area contributed by atoms with E-state index < -0.39 is 9.84 Å². The third-order valence-corrected chi connectivity index (χ3v) is 5.63. The van der Waals surface area contributed by atoms with Crippen LogP contribution in [0.15, 0.2) is 34.1 Å². The SMILES string of the molecule is CCOc1cc(O)cc(OCC)c1S(=O)(=O)c1c(OCC)cc(O)cc1OCC. The molecule has 0 atom stereocenters. The Morgan fingerprint density at radius 3 is 1.07 bits per heavy atom. The van der Waals surface area contributed by atoms with Crippen LogP contribution in [0.2, 0.25) is 0 Å². The molecule has 0 aromatic heterocycles. The van der Waals surface area contributed by atoms with E-state index in [4.69, 9.17) is 18.9 Å². The first-order valence-electron chi connectivity index (χ1n) is 9.30. The predicted molar refractivity (Wildman–Crippen MR) is 106 cm³/mol. The Hall–Kier alpha value is -2.81. The van der Waals surface area contributed by atoms with E-state index in [1.165, 1.54) is 24.3 Å². The normalized spacial score (nSPS) is 11.2. The molecule has 160 valence electrons. The van der Waals surface area contributed by atoms with E-state index in [0.717, 1.165) is 0 Å². The van der Waals surface area contributed by atoms with Gasteiger partial charge >= 0.3 is 0 Å². The van der Waals surface area contributed by atoms with Crippen molar-refractivity contribution in [1.82, 2.24) is 0 Å². The Balaban J connectivity index is 2.89. The Kier molecular flexibility index (Phi) is 7.44. The van der Waals surface area contributed by atoms with Gasteiger partial charge in [-0.2, -0.15) is 0 Å². The van der Waals surface area contributed by atoms with E-state index in [2.05, 4.69) is 0 Å². The topological polar surface area (TPSA) is 112 Å². The highest BCUT2D eigenvalue weighted by atomic mass is 32.2. The van der Waals surface area contributed by atoms with Gasteiger partial charge in [0.2, 0.25) is 9.84 Å². The second-order valence-electron chi connectivity index (χ2n) is 5.78. The second kappa shape index (κ2) is 9.60. The largest absolute Gasteiger partial charge is 0.508 e. The number of aromatic hydroxyl groups is 2. The van der Waals surface area contributed by atoms with Gasteiger partial charge < -0.3 is 29.2 Å². The van der Waals surface area contributed by atoms with Crippen LogP contribution in [-0.2, 0) is 9.84 Å². The maximum absolute atomic E-state index is 13.8. The highest BCUT2D eigenvalue weighted by molar-refractivity contribution is 7.92. The molecular weight excluding hydrogens is 400 g/mol. The second-order valence-corrected chi connectivity index (χ2v) is 7.60. The molecule has 0 spiro atoms. The van der Waals surface area contributed by atoms with Crippen LogP contribution in [0.4, 0.5) is 0 Å². The number of benzene rings is 2. The predicted octanol–water partition coefficient (Wildman–Crippen LogP) is 3.53. The lowest BCUT2D eigenvalue weighted by molar-refractivity contribution is 0.298. The molecule has 2 aromatic rings. The summed E-state index contributed by atoms with van der Waals surface area (Å²) in [6.45, 7) is 7.45. The molecule has 0 heterocycles. The van der Waals surface area contributed by atoms with Crippen molar-refractivity contribution in [2.45, 2.75) is 37.5 Å². The maximum Gasteiger partial charge on any atom is 0.221 e. The molecule has 0 aliphatic carbocycles. The summed E-state index contributed by atoms with van der Waals surface area (Å²) in [6, 6.07) is 4.83. The summed E-state index contributed by atoms with van der Waals surface area (Å²) in [6.07, 6.45) is 0. The third kappa shape index (κ3) is 4.79. The van der Waals surface area contributed by atoms with Gasteiger partial charge in [-0.25, -0.2) is 8.42 Å². The number of sulfone groups is 1. The first-order chi connectivity index (χ1) is 13.8. The Morgan fingerprint density at radius 1 is 0.621 bits per heavy atom. The molecule has 8 nitrogen and oxygen atoms in total. The lowest BCUT2D eigenvalue weighted by atomic mass is 10.3. The van der Waals surface area contributed by atoms with Crippen LogP contribution in [0.5, 0.6) is 34.5 Å². The van der Waals surface area contributed by atoms with Gasteiger partial charge in [0.1, 0.15) is 34.5 Å². The van der Waals surface area contributed by atoms with E-state index in [-0.39, 0.29) is 70.7 Å². The first-order valence-corrected chi connectivity index (χ1v) is 10.8. The van der Waals surface area contributed by atoms with Gasteiger partial charge in [-0.3, -0.25) is 0 Å². The van der Waals surface area contributed by atoms with Gasteiger partial charge in [-0.15, -0.1) is 0 Å². The van der Waals surface area contributed by atoms with Gasteiger partial charge in [0.15, 0.2) is 9.79 Å². The van der Waals surface area contributed by atoms with Crippen LogP contribution >= 0.6 is 0 Å². The maximum atomic E-state index is 13.8. The highest BCUT2D eigenvalue weighted by Crippen LogP contribution is 2.46. The fourth-order valence-electron chi connectivity index (χ4n) is 2.81. The molecule has 0 saturated heterocycles. The van der Waals surface area contributed by atoms with Crippen molar-refractivity contribution >= 4 is 9.84 Å². The van der Waals surface area contributed by atoms with Crippen molar-refractivity contribution in [1.29, 1.82) is 0 Å². The van der Waals surface area contributed by atoms with E-state index in [1.807, 2.05) is 0 Å². The van der Waals surface area contributed by atoms with Gasteiger partial charge in [0, 0.05) is 24.3 Å². The fraction of sp³-hybridized carbons (Fsp3) is 0.400. The molecule has 29 heavy (non-hydrogen) atoms. The number of hydrogen-bond donors (Lipinski definition) is 2. The van der Waals surface area contributed by atoms with Gasteiger partial charge in [-0.05, 0) is 27.7 Å². The lowest BCUT2D eigenvalue weighted by Crippen LogP contribution is -2.12. The zero-order valence-corrected chi connectivity index (χ0v) is 17.7. The first kappa shape index (κ1) is 22.5. The minimum atomic E-state index is -4.31. The summed E-state index contributed by atoms with van der Waals surface area (Å²) >= 11 is 0.